The third kappa shape index (κ3) is 3.18. The first kappa shape index (κ1) is 18.0. The van der Waals surface area contributed by atoms with E-state index in [1.807, 2.05) is 4.90 Å². The molecule has 0 radical (unpaired) electrons. The molecule has 3 aliphatic rings. The van der Waals surface area contributed by atoms with E-state index in [0.29, 0.717) is 43.8 Å². The zero-order valence-corrected chi connectivity index (χ0v) is 16.1. The van der Waals surface area contributed by atoms with Crippen molar-refractivity contribution in [3.05, 3.63) is 17.6 Å². The lowest BCUT2D eigenvalue weighted by Crippen LogP contribution is -2.32. The second kappa shape index (κ2) is 6.98. The number of rotatable bonds is 3. The summed E-state index contributed by atoms with van der Waals surface area (Å²) in [7, 11) is -3.57. The Bertz CT molecular complexity index is 768. The average molecular weight is 381 g/mol. The Labute approximate surface area is 154 Å². The molecule has 4 heterocycles. The summed E-state index contributed by atoms with van der Waals surface area (Å²) >= 11 is 0. The van der Waals surface area contributed by atoms with Crippen molar-refractivity contribution in [1.82, 2.24) is 14.5 Å². The lowest BCUT2D eigenvalue weighted by molar-refractivity contribution is 0.0725. The monoisotopic (exact) mass is 381 g/mol. The molecule has 4 rings (SSSR count). The third-order valence-corrected chi connectivity index (χ3v) is 8.08. The van der Waals surface area contributed by atoms with Gasteiger partial charge in [-0.15, -0.1) is 0 Å². The van der Waals surface area contributed by atoms with Crippen molar-refractivity contribution in [3.63, 3.8) is 0 Å². The molecule has 0 aliphatic carbocycles. The fourth-order valence-electron chi connectivity index (χ4n) is 4.47. The van der Waals surface area contributed by atoms with Gasteiger partial charge < -0.3 is 14.6 Å². The van der Waals surface area contributed by atoms with Crippen molar-refractivity contribution in [3.8, 4) is 0 Å². The van der Waals surface area contributed by atoms with Crippen LogP contribution in [0, 0.1) is 18.8 Å². The molecule has 0 aromatic carbocycles. The lowest BCUT2D eigenvalue weighted by atomic mass is 9.92. The van der Waals surface area contributed by atoms with Gasteiger partial charge in [0.2, 0.25) is 10.0 Å². The predicted molar refractivity (Wildman–Crippen MR) is 96.4 cm³/mol. The van der Waals surface area contributed by atoms with Crippen LogP contribution in [0.4, 0.5) is 0 Å². The number of fused-ring (bicyclic) bond motifs is 1. The molecule has 2 atom stereocenters. The van der Waals surface area contributed by atoms with E-state index in [4.69, 9.17) is 4.42 Å². The zero-order chi connectivity index (χ0) is 18.3. The van der Waals surface area contributed by atoms with Crippen LogP contribution < -0.4 is 5.32 Å². The van der Waals surface area contributed by atoms with Gasteiger partial charge in [-0.25, -0.2) is 8.42 Å². The molecule has 0 unspecified atom stereocenters. The first-order valence-corrected chi connectivity index (χ1v) is 11.0. The van der Waals surface area contributed by atoms with Crippen molar-refractivity contribution < 1.29 is 17.6 Å². The van der Waals surface area contributed by atoms with Crippen molar-refractivity contribution in [1.29, 1.82) is 0 Å². The maximum absolute atomic E-state index is 12.9. The summed E-state index contributed by atoms with van der Waals surface area (Å²) in [4.78, 5) is 14.9. The van der Waals surface area contributed by atoms with Crippen LogP contribution in [-0.4, -0.2) is 62.8 Å². The first-order chi connectivity index (χ1) is 12.5. The first-order valence-electron chi connectivity index (χ1n) is 9.57. The second-order valence-electron chi connectivity index (χ2n) is 7.69. The van der Waals surface area contributed by atoms with E-state index in [1.165, 1.54) is 10.4 Å². The van der Waals surface area contributed by atoms with E-state index in [2.05, 4.69) is 5.32 Å². The van der Waals surface area contributed by atoms with E-state index in [-0.39, 0.29) is 16.6 Å². The van der Waals surface area contributed by atoms with Gasteiger partial charge in [0.25, 0.3) is 5.91 Å². The van der Waals surface area contributed by atoms with Crippen LogP contribution in [0.1, 0.15) is 42.0 Å². The van der Waals surface area contributed by atoms with Crippen LogP contribution in [0.3, 0.4) is 0 Å². The molecule has 0 saturated carbocycles. The highest BCUT2D eigenvalue weighted by atomic mass is 32.2. The van der Waals surface area contributed by atoms with Crippen molar-refractivity contribution >= 4 is 15.9 Å². The fraction of sp³-hybridized carbons (Fsp3) is 0.722. The Morgan fingerprint density at radius 1 is 1.12 bits per heavy atom. The summed E-state index contributed by atoms with van der Waals surface area (Å²) in [6.45, 7) is 6.18. The number of carbonyl (C=O) groups excluding carboxylic acids is 1. The maximum atomic E-state index is 12.9. The van der Waals surface area contributed by atoms with E-state index in [1.54, 1.807) is 6.92 Å². The number of nitrogens with zero attached hydrogens (tertiary/aromatic N) is 2. The average Bonchev–Trinajstić information content (AvgIpc) is 3.34. The number of carbonyl (C=O) groups is 1. The van der Waals surface area contributed by atoms with Gasteiger partial charge >= 0.3 is 0 Å². The molecule has 0 bridgehead atoms. The van der Waals surface area contributed by atoms with E-state index in [9.17, 15) is 13.2 Å². The molecular weight excluding hydrogens is 354 g/mol. The van der Waals surface area contributed by atoms with Crippen molar-refractivity contribution in [2.45, 2.75) is 37.5 Å². The highest BCUT2D eigenvalue weighted by Crippen LogP contribution is 2.30. The van der Waals surface area contributed by atoms with E-state index in [0.717, 1.165) is 38.8 Å². The number of amides is 1. The summed E-state index contributed by atoms with van der Waals surface area (Å²) in [5.74, 6) is 1.53. The SMILES string of the molecule is Cc1oc(C(=O)N2CC[C@@H]3CNC[C@@H]3CC2)cc1S(=O)(=O)N1CCCC1. The van der Waals surface area contributed by atoms with Crippen LogP contribution in [0.2, 0.25) is 0 Å². The standard InChI is InChI=1S/C18H27N3O4S/c1-13-17(26(23,24)21-6-2-3-7-21)10-16(25-13)18(22)20-8-4-14-11-19-12-15(14)5-9-20/h10,14-15,19H,2-9,11-12H2,1H3/t14-,15+. The topological polar surface area (TPSA) is 82.9 Å². The van der Waals surface area contributed by atoms with Gasteiger partial charge in [0.1, 0.15) is 10.7 Å². The summed E-state index contributed by atoms with van der Waals surface area (Å²) in [6, 6.07) is 1.43. The third-order valence-electron chi connectivity index (χ3n) is 6.07. The number of nitrogens with one attached hydrogen (secondary N) is 1. The Morgan fingerprint density at radius 2 is 1.73 bits per heavy atom. The summed E-state index contributed by atoms with van der Waals surface area (Å²) in [5.41, 5.74) is 0. The van der Waals surface area contributed by atoms with Gasteiger partial charge in [-0.05, 0) is 57.5 Å². The molecule has 1 aromatic rings. The summed E-state index contributed by atoms with van der Waals surface area (Å²) < 4.78 is 32.7. The number of hydrogen-bond donors (Lipinski definition) is 1. The Balaban J connectivity index is 1.52. The Morgan fingerprint density at radius 3 is 2.35 bits per heavy atom. The van der Waals surface area contributed by atoms with Gasteiger partial charge in [0.15, 0.2) is 5.76 Å². The minimum Gasteiger partial charge on any atom is -0.455 e. The minimum atomic E-state index is -3.57. The number of likely N-dealkylation sites (tertiary alicyclic amines) is 1. The number of aryl methyl sites for hydroxylation is 1. The largest absolute Gasteiger partial charge is 0.455 e. The number of sulfonamides is 1. The molecule has 26 heavy (non-hydrogen) atoms. The van der Waals surface area contributed by atoms with Gasteiger partial charge in [-0.2, -0.15) is 4.31 Å². The Hall–Kier alpha value is -1.38. The highest BCUT2D eigenvalue weighted by Gasteiger charge is 2.35. The molecule has 1 N–H and O–H groups in total. The number of furan rings is 1. The molecule has 7 nitrogen and oxygen atoms in total. The highest BCUT2D eigenvalue weighted by molar-refractivity contribution is 7.89. The lowest BCUT2D eigenvalue weighted by Gasteiger charge is -2.19. The van der Waals surface area contributed by atoms with Gasteiger partial charge in [-0.1, -0.05) is 0 Å². The van der Waals surface area contributed by atoms with Crippen molar-refractivity contribution in [2.75, 3.05) is 39.3 Å². The van der Waals surface area contributed by atoms with Gasteiger partial charge in [0.05, 0.1) is 0 Å². The Kier molecular flexibility index (Phi) is 4.83. The zero-order valence-electron chi connectivity index (χ0n) is 15.2. The predicted octanol–water partition coefficient (Wildman–Crippen LogP) is 1.44. The molecule has 1 amide bonds. The normalized spacial score (nSPS) is 27.5. The molecule has 0 spiro atoms. The molecule has 3 aliphatic heterocycles. The molecule has 3 saturated heterocycles. The van der Waals surface area contributed by atoms with Crippen LogP contribution in [-0.2, 0) is 10.0 Å². The fourth-order valence-corrected chi connectivity index (χ4v) is 6.15. The maximum Gasteiger partial charge on any atom is 0.289 e. The van der Waals surface area contributed by atoms with Crippen LogP contribution >= 0.6 is 0 Å². The summed E-state index contributed by atoms with van der Waals surface area (Å²) in [6.07, 6.45) is 3.74. The number of hydrogen-bond acceptors (Lipinski definition) is 5. The van der Waals surface area contributed by atoms with Crippen molar-refractivity contribution in [2.24, 2.45) is 11.8 Å². The molecule has 8 heteroatoms. The van der Waals surface area contributed by atoms with Crippen LogP contribution in [0.5, 0.6) is 0 Å². The molecule has 3 fully saturated rings. The second-order valence-corrected chi connectivity index (χ2v) is 9.60. The van der Waals surface area contributed by atoms with Gasteiger partial charge in [-0.3, -0.25) is 4.79 Å². The molecular formula is C18H27N3O4S. The van der Waals surface area contributed by atoms with E-state index < -0.39 is 10.0 Å². The quantitative estimate of drug-likeness (QED) is 0.857. The molecule has 144 valence electrons. The smallest absolute Gasteiger partial charge is 0.289 e. The minimum absolute atomic E-state index is 0.138. The van der Waals surface area contributed by atoms with Crippen LogP contribution in [0.15, 0.2) is 15.4 Å². The van der Waals surface area contributed by atoms with E-state index >= 15 is 0 Å². The molecule has 1 aromatic heterocycles. The van der Waals surface area contributed by atoms with Gasteiger partial charge in [0, 0.05) is 32.2 Å². The van der Waals surface area contributed by atoms with Crippen LogP contribution in [0.25, 0.3) is 0 Å². The summed E-state index contributed by atoms with van der Waals surface area (Å²) in [5, 5.41) is 3.43.